The lowest BCUT2D eigenvalue weighted by Crippen LogP contribution is -2.16. The summed E-state index contributed by atoms with van der Waals surface area (Å²) in [6, 6.07) is 15.5. The van der Waals surface area contributed by atoms with E-state index in [0.717, 1.165) is 0 Å². The van der Waals surface area contributed by atoms with Gasteiger partial charge in [-0.05, 0) is 36.4 Å². The molecule has 1 aromatic heterocycles. The highest BCUT2D eigenvalue weighted by molar-refractivity contribution is 6.30. The van der Waals surface area contributed by atoms with Crippen molar-refractivity contribution in [3.63, 3.8) is 0 Å². The lowest BCUT2D eigenvalue weighted by Gasteiger charge is -2.10. The molecule has 0 atom stereocenters. The molecular weight excluding hydrogens is 406 g/mol. The molecule has 9 heteroatoms. The number of ether oxygens (including phenoxy) is 1. The molecule has 0 saturated carbocycles. The van der Waals surface area contributed by atoms with Gasteiger partial charge in [-0.25, -0.2) is 4.98 Å². The largest absolute Gasteiger partial charge is 0.384 e. The van der Waals surface area contributed by atoms with Gasteiger partial charge in [0.25, 0.3) is 5.56 Å². The maximum absolute atomic E-state index is 12.4. The minimum absolute atomic E-state index is 0.103. The van der Waals surface area contributed by atoms with Crippen LogP contribution in [0.5, 0.6) is 0 Å². The van der Waals surface area contributed by atoms with Crippen molar-refractivity contribution in [3.8, 4) is 17.3 Å². The zero-order valence-electron chi connectivity index (χ0n) is 16.0. The molecule has 0 aliphatic heterocycles. The highest BCUT2D eigenvalue weighted by Crippen LogP contribution is 2.23. The van der Waals surface area contributed by atoms with Crippen molar-refractivity contribution in [1.29, 1.82) is 5.26 Å². The molecule has 0 fully saturated rings. The van der Waals surface area contributed by atoms with Crippen molar-refractivity contribution >= 4 is 34.8 Å². The number of carbonyl (C=O) groups is 1. The van der Waals surface area contributed by atoms with E-state index >= 15 is 0 Å². The number of H-pyrrole nitrogens is 1. The SMILES string of the molecule is COCCC(=O)Nc1ccc(-c2nc(Nc3ccc(Cl)cc3)[nH]c(=O)c2C#N)cc1. The first-order valence-electron chi connectivity index (χ1n) is 8.96. The molecule has 0 unspecified atom stereocenters. The molecule has 0 saturated heterocycles. The summed E-state index contributed by atoms with van der Waals surface area (Å²) in [5.74, 6) is 0.0133. The summed E-state index contributed by atoms with van der Waals surface area (Å²) in [7, 11) is 1.53. The van der Waals surface area contributed by atoms with Crippen LogP contribution in [0, 0.1) is 11.3 Å². The maximum Gasteiger partial charge on any atom is 0.270 e. The lowest BCUT2D eigenvalue weighted by atomic mass is 10.1. The summed E-state index contributed by atoms with van der Waals surface area (Å²) in [6.45, 7) is 0.329. The Bertz CT molecular complexity index is 1140. The van der Waals surface area contributed by atoms with Crippen molar-refractivity contribution in [2.24, 2.45) is 0 Å². The highest BCUT2D eigenvalue weighted by Gasteiger charge is 2.14. The summed E-state index contributed by atoms with van der Waals surface area (Å²) < 4.78 is 4.88. The summed E-state index contributed by atoms with van der Waals surface area (Å²) >= 11 is 5.88. The number of benzene rings is 2. The van der Waals surface area contributed by atoms with E-state index < -0.39 is 5.56 Å². The van der Waals surface area contributed by atoms with Crippen LogP contribution in [0.4, 0.5) is 17.3 Å². The predicted molar refractivity (Wildman–Crippen MR) is 115 cm³/mol. The molecule has 0 aliphatic carbocycles. The molecule has 1 amide bonds. The van der Waals surface area contributed by atoms with E-state index in [-0.39, 0.29) is 29.5 Å². The number of anilines is 3. The first kappa shape index (κ1) is 21.0. The first-order valence-corrected chi connectivity index (χ1v) is 9.34. The van der Waals surface area contributed by atoms with E-state index in [1.54, 1.807) is 48.5 Å². The van der Waals surface area contributed by atoms with Crippen LogP contribution in [-0.4, -0.2) is 29.6 Å². The number of halogens is 1. The van der Waals surface area contributed by atoms with Gasteiger partial charge in [0.05, 0.1) is 18.7 Å². The van der Waals surface area contributed by atoms with Crippen LogP contribution in [0.1, 0.15) is 12.0 Å². The number of nitrogens with one attached hydrogen (secondary N) is 3. The molecule has 3 N–H and O–H groups in total. The number of aromatic amines is 1. The van der Waals surface area contributed by atoms with E-state index in [2.05, 4.69) is 20.6 Å². The predicted octanol–water partition coefficient (Wildman–Crippen LogP) is 3.68. The standard InChI is InChI=1S/C21H18ClN5O3/c1-30-11-10-18(28)24-15-6-2-13(3-7-15)19-17(12-23)20(29)27-21(26-19)25-16-8-4-14(22)5-9-16/h2-9H,10-11H2,1H3,(H,24,28)(H2,25,26,27,29). The average Bonchev–Trinajstić information content (AvgIpc) is 2.74. The molecule has 0 aliphatic rings. The normalized spacial score (nSPS) is 10.3. The van der Waals surface area contributed by atoms with E-state index in [0.29, 0.717) is 28.6 Å². The molecule has 0 bridgehead atoms. The van der Waals surface area contributed by atoms with Crippen LogP contribution in [0.2, 0.25) is 5.02 Å². The minimum Gasteiger partial charge on any atom is -0.384 e. The van der Waals surface area contributed by atoms with Gasteiger partial charge >= 0.3 is 0 Å². The number of carbonyl (C=O) groups excluding carboxylic acids is 1. The number of nitrogens with zero attached hydrogens (tertiary/aromatic N) is 2. The van der Waals surface area contributed by atoms with E-state index in [1.165, 1.54) is 7.11 Å². The molecule has 30 heavy (non-hydrogen) atoms. The van der Waals surface area contributed by atoms with Gasteiger partial charge in [-0.15, -0.1) is 0 Å². The molecule has 3 aromatic rings. The number of rotatable bonds is 7. The third kappa shape index (κ3) is 5.23. The second kappa shape index (κ2) is 9.69. The summed E-state index contributed by atoms with van der Waals surface area (Å²) in [5.41, 5.74) is 1.39. The Kier molecular flexibility index (Phi) is 6.80. The van der Waals surface area contributed by atoms with Crippen LogP contribution in [-0.2, 0) is 9.53 Å². The quantitative estimate of drug-likeness (QED) is 0.533. The Balaban J connectivity index is 1.87. The van der Waals surface area contributed by atoms with Crippen molar-refractivity contribution in [2.45, 2.75) is 6.42 Å². The van der Waals surface area contributed by atoms with Crippen LogP contribution in [0.3, 0.4) is 0 Å². The van der Waals surface area contributed by atoms with Gasteiger partial charge in [0.2, 0.25) is 11.9 Å². The number of amides is 1. The topological polar surface area (TPSA) is 120 Å². The highest BCUT2D eigenvalue weighted by atomic mass is 35.5. The zero-order valence-corrected chi connectivity index (χ0v) is 16.8. The molecule has 152 valence electrons. The Morgan fingerprint density at radius 2 is 1.83 bits per heavy atom. The Morgan fingerprint density at radius 3 is 2.47 bits per heavy atom. The number of nitriles is 1. The van der Waals surface area contributed by atoms with Crippen LogP contribution in [0.25, 0.3) is 11.3 Å². The number of hydrogen-bond acceptors (Lipinski definition) is 6. The number of aromatic nitrogens is 2. The van der Waals surface area contributed by atoms with Gasteiger partial charge < -0.3 is 15.4 Å². The van der Waals surface area contributed by atoms with E-state index in [9.17, 15) is 14.9 Å². The average molecular weight is 424 g/mol. The van der Waals surface area contributed by atoms with Crippen molar-refractivity contribution in [3.05, 3.63) is 69.5 Å². The van der Waals surface area contributed by atoms with Gasteiger partial charge in [0.15, 0.2) is 0 Å². The lowest BCUT2D eigenvalue weighted by molar-refractivity contribution is -0.117. The fraction of sp³-hybridized carbons (Fsp3) is 0.143. The van der Waals surface area contributed by atoms with E-state index in [4.69, 9.17) is 16.3 Å². The van der Waals surface area contributed by atoms with Gasteiger partial charge in [0, 0.05) is 29.1 Å². The third-order valence-corrected chi connectivity index (χ3v) is 4.37. The monoisotopic (exact) mass is 423 g/mol. The van der Waals surface area contributed by atoms with Gasteiger partial charge in [-0.2, -0.15) is 5.26 Å². The maximum atomic E-state index is 12.4. The van der Waals surface area contributed by atoms with Crippen molar-refractivity contribution in [1.82, 2.24) is 9.97 Å². The van der Waals surface area contributed by atoms with Crippen LogP contribution >= 0.6 is 11.6 Å². The number of hydrogen-bond donors (Lipinski definition) is 3. The fourth-order valence-corrected chi connectivity index (χ4v) is 2.77. The molecule has 1 heterocycles. The van der Waals surface area contributed by atoms with Gasteiger partial charge in [-0.3, -0.25) is 14.6 Å². The summed E-state index contributed by atoms with van der Waals surface area (Å²) in [4.78, 5) is 31.1. The van der Waals surface area contributed by atoms with Crippen LogP contribution in [0.15, 0.2) is 53.3 Å². The Morgan fingerprint density at radius 1 is 1.17 bits per heavy atom. The molecule has 3 rings (SSSR count). The summed E-state index contributed by atoms with van der Waals surface area (Å²) in [5, 5.41) is 15.7. The fourth-order valence-electron chi connectivity index (χ4n) is 2.64. The third-order valence-electron chi connectivity index (χ3n) is 4.11. The van der Waals surface area contributed by atoms with Gasteiger partial charge in [-0.1, -0.05) is 23.7 Å². The second-order valence-electron chi connectivity index (χ2n) is 6.25. The summed E-state index contributed by atoms with van der Waals surface area (Å²) in [6.07, 6.45) is 0.242. The van der Waals surface area contributed by atoms with Gasteiger partial charge in [0.1, 0.15) is 11.6 Å². The Labute approximate surface area is 177 Å². The molecule has 2 aromatic carbocycles. The Hall–Kier alpha value is -3.67. The minimum atomic E-state index is -0.559. The second-order valence-corrected chi connectivity index (χ2v) is 6.69. The van der Waals surface area contributed by atoms with Crippen molar-refractivity contribution < 1.29 is 9.53 Å². The first-order chi connectivity index (χ1) is 14.5. The molecule has 8 nitrogen and oxygen atoms in total. The van der Waals surface area contributed by atoms with E-state index in [1.807, 2.05) is 6.07 Å². The molecule has 0 spiro atoms. The molecular formula is C21H18ClN5O3. The molecule has 0 radical (unpaired) electrons. The smallest absolute Gasteiger partial charge is 0.270 e. The van der Waals surface area contributed by atoms with Crippen molar-refractivity contribution in [2.75, 3.05) is 24.4 Å². The van der Waals surface area contributed by atoms with Crippen LogP contribution < -0.4 is 16.2 Å². The number of methoxy groups -OCH3 is 1. The zero-order chi connectivity index (χ0) is 21.5.